The Morgan fingerprint density at radius 3 is 2.38 bits per heavy atom. The fourth-order valence-corrected chi connectivity index (χ4v) is 3.06. The van der Waals surface area contributed by atoms with Gasteiger partial charge < -0.3 is 13.6 Å². The van der Waals surface area contributed by atoms with Crippen molar-refractivity contribution in [3.63, 3.8) is 0 Å². The molecule has 1 aromatic carbocycles. The van der Waals surface area contributed by atoms with Crippen molar-refractivity contribution in [3.8, 4) is 5.75 Å². The van der Waals surface area contributed by atoms with Crippen LogP contribution in [0.3, 0.4) is 0 Å². The summed E-state index contributed by atoms with van der Waals surface area (Å²) in [7, 11) is 2.01. The van der Waals surface area contributed by atoms with Crippen molar-refractivity contribution in [3.05, 3.63) is 29.3 Å². The molecule has 0 aliphatic heterocycles. The molecule has 0 radical (unpaired) electrons. The molecule has 24 heavy (non-hydrogen) atoms. The smallest absolute Gasteiger partial charge is 0.143 e. The highest BCUT2D eigenvalue weighted by atomic mass is 32.2. The third-order valence-corrected chi connectivity index (χ3v) is 4.65. The van der Waals surface area contributed by atoms with Crippen molar-refractivity contribution >= 4 is 11.4 Å². The van der Waals surface area contributed by atoms with Gasteiger partial charge in [0.2, 0.25) is 0 Å². The van der Waals surface area contributed by atoms with Crippen molar-refractivity contribution in [1.82, 2.24) is 4.90 Å². The first kappa shape index (κ1) is 21.1. The summed E-state index contributed by atoms with van der Waals surface area (Å²) in [5, 5.41) is 0. The highest BCUT2D eigenvalue weighted by Gasteiger charge is 2.08. The normalized spacial score (nSPS) is 12.5. The van der Waals surface area contributed by atoms with Crippen LogP contribution in [-0.2, 0) is 24.3 Å². The summed E-state index contributed by atoms with van der Waals surface area (Å²) in [6, 6.07) is 5.85. The maximum atomic E-state index is 10.8. The van der Waals surface area contributed by atoms with Crippen LogP contribution in [0.4, 0.5) is 0 Å². The number of rotatable bonds is 13. The average Bonchev–Trinajstić information content (AvgIpc) is 2.55. The summed E-state index contributed by atoms with van der Waals surface area (Å²) in [6.07, 6.45) is 10.1. The molecule has 0 aliphatic carbocycles. The Labute approximate surface area is 150 Å². The summed E-state index contributed by atoms with van der Waals surface area (Å²) in [5.74, 6) is 0.437. The molecule has 0 aromatic heterocycles. The quantitative estimate of drug-likeness (QED) is 0.383. The maximum Gasteiger partial charge on any atom is 0.143 e. The molecule has 5 heteroatoms. The average molecular weight is 355 g/mol. The largest absolute Gasteiger partial charge is 0.740 e. The molecule has 0 fully saturated rings. The van der Waals surface area contributed by atoms with E-state index >= 15 is 0 Å². The zero-order valence-corrected chi connectivity index (χ0v) is 16.2. The Bertz CT molecular complexity index is 494. The molecular weight excluding hydrogens is 322 g/mol. The van der Waals surface area contributed by atoms with Crippen LogP contribution >= 0.6 is 0 Å². The van der Waals surface area contributed by atoms with Crippen LogP contribution in [0.25, 0.3) is 0 Å². The molecule has 1 unspecified atom stereocenters. The third-order valence-electron chi connectivity index (χ3n) is 4.33. The first-order valence-corrected chi connectivity index (χ1v) is 10.1. The standard InChI is InChI=1S/C19H33NO3S/c1-4-6-7-8-9-10-11-12-17-13-14-19(23-24(21)22)18(15-17)16-20(3)5-2/h13-15H,4-12,16H2,1-3H3,(H,21,22)/p-1. The second-order valence-corrected chi connectivity index (χ2v) is 7.01. The van der Waals surface area contributed by atoms with E-state index in [1.807, 2.05) is 13.1 Å². The van der Waals surface area contributed by atoms with Gasteiger partial charge in [0.1, 0.15) is 17.1 Å². The van der Waals surface area contributed by atoms with E-state index in [0.29, 0.717) is 12.3 Å². The fourth-order valence-electron chi connectivity index (χ4n) is 2.76. The highest BCUT2D eigenvalue weighted by Crippen LogP contribution is 2.23. The molecule has 0 spiro atoms. The Kier molecular flexibility index (Phi) is 11.0. The van der Waals surface area contributed by atoms with E-state index in [1.54, 1.807) is 6.07 Å². The van der Waals surface area contributed by atoms with Crippen molar-refractivity contribution in [2.75, 3.05) is 13.6 Å². The summed E-state index contributed by atoms with van der Waals surface area (Å²) in [5.41, 5.74) is 2.19. The van der Waals surface area contributed by atoms with E-state index < -0.39 is 11.4 Å². The summed E-state index contributed by atoms with van der Waals surface area (Å²) in [6.45, 7) is 5.91. The zero-order valence-electron chi connectivity index (χ0n) is 15.4. The van der Waals surface area contributed by atoms with Gasteiger partial charge in [-0.05, 0) is 38.1 Å². The van der Waals surface area contributed by atoms with Crippen LogP contribution in [0.15, 0.2) is 18.2 Å². The number of hydrogen-bond acceptors (Lipinski definition) is 4. The first-order valence-electron chi connectivity index (χ1n) is 9.14. The molecule has 1 aromatic rings. The molecule has 4 nitrogen and oxygen atoms in total. The maximum absolute atomic E-state index is 10.8. The zero-order chi connectivity index (χ0) is 17.8. The van der Waals surface area contributed by atoms with Crippen LogP contribution in [0.2, 0.25) is 0 Å². The van der Waals surface area contributed by atoms with E-state index in [0.717, 1.165) is 18.5 Å². The van der Waals surface area contributed by atoms with Crippen LogP contribution in [0, 0.1) is 0 Å². The lowest BCUT2D eigenvalue weighted by atomic mass is 10.0. The van der Waals surface area contributed by atoms with E-state index in [-0.39, 0.29) is 0 Å². The van der Waals surface area contributed by atoms with E-state index in [9.17, 15) is 8.76 Å². The van der Waals surface area contributed by atoms with E-state index in [4.69, 9.17) is 4.18 Å². The molecule has 0 N–H and O–H groups in total. The van der Waals surface area contributed by atoms with Gasteiger partial charge in [0.15, 0.2) is 0 Å². The van der Waals surface area contributed by atoms with Gasteiger partial charge >= 0.3 is 0 Å². The molecule has 0 saturated heterocycles. The van der Waals surface area contributed by atoms with E-state index in [2.05, 4.69) is 24.8 Å². The molecular formula is C19H32NO3S-. The lowest BCUT2D eigenvalue weighted by Crippen LogP contribution is -2.17. The summed E-state index contributed by atoms with van der Waals surface area (Å²) in [4.78, 5) is 2.13. The van der Waals surface area contributed by atoms with Crippen molar-refractivity contribution in [2.24, 2.45) is 0 Å². The van der Waals surface area contributed by atoms with Gasteiger partial charge in [0.25, 0.3) is 0 Å². The predicted molar refractivity (Wildman–Crippen MR) is 99.7 cm³/mol. The lowest BCUT2D eigenvalue weighted by molar-refractivity contribution is 0.340. The Morgan fingerprint density at radius 2 is 1.75 bits per heavy atom. The number of nitrogens with zero attached hydrogens (tertiary/aromatic N) is 1. The van der Waals surface area contributed by atoms with Crippen molar-refractivity contribution < 1.29 is 12.9 Å². The van der Waals surface area contributed by atoms with Gasteiger partial charge in [0, 0.05) is 12.1 Å². The minimum absolute atomic E-state index is 0.437. The summed E-state index contributed by atoms with van der Waals surface area (Å²) >= 11 is -2.53. The third kappa shape index (κ3) is 8.81. The van der Waals surface area contributed by atoms with Crippen LogP contribution in [-0.4, -0.2) is 27.3 Å². The predicted octanol–water partition coefficient (Wildman–Crippen LogP) is 4.60. The number of benzene rings is 1. The molecule has 0 amide bonds. The topological polar surface area (TPSA) is 52.6 Å². The van der Waals surface area contributed by atoms with Crippen LogP contribution in [0.5, 0.6) is 5.75 Å². The first-order chi connectivity index (χ1) is 11.6. The van der Waals surface area contributed by atoms with Gasteiger partial charge in [-0.2, -0.15) is 0 Å². The second-order valence-electron chi connectivity index (χ2n) is 6.43. The molecule has 0 bridgehead atoms. The monoisotopic (exact) mass is 354 g/mol. The van der Waals surface area contributed by atoms with Crippen molar-refractivity contribution in [1.29, 1.82) is 0 Å². The Hall–Kier alpha value is -0.910. The molecule has 1 atom stereocenters. The SMILES string of the molecule is CCCCCCCCCc1ccc(OS(=O)[O-])c(CN(C)CC)c1. The minimum Gasteiger partial charge on any atom is -0.740 e. The highest BCUT2D eigenvalue weighted by molar-refractivity contribution is 7.74. The van der Waals surface area contributed by atoms with Gasteiger partial charge in [-0.3, -0.25) is 0 Å². The molecule has 1 rings (SSSR count). The van der Waals surface area contributed by atoms with Crippen LogP contribution in [0.1, 0.15) is 69.9 Å². The van der Waals surface area contributed by atoms with E-state index in [1.165, 1.54) is 50.5 Å². The van der Waals surface area contributed by atoms with Crippen molar-refractivity contribution in [2.45, 2.75) is 71.8 Å². The van der Waals surface area contributed by atoms with Gasteiger partial charge in [-0.1, -0.05) is 64.5 Å². The minimum atomic E-state index is -2.53. The lowest BCUT2D eigenvalue weighted by Gasteiger charge is -2.18. The van der Waals surface area contributed by atoms with Gasteiger partial charge in [-0.15, -0.1) is 0 Å². The Morgan fingerprint density at radius 1 is 1.08 bits per heavy atom. The fraction of sp³-hybridized carbons (Fsp3) is 0.684. The number of hydrogen-bond donors (Lipinski definition) is 0. The number of aryl methyl sites for hydroxylation is 1. The summed E-state index contributed by atoms with van der Waals surface area (Å²) < 4.78 is 26.6. The molecule has 0 saturated carbocycles. The van der Waals surface area contributed by atoms with Crippen LogP contribution < -0.4 is 4.18 Å². The number of unbranched alkanes of at least 4 members (excludes halogenated alkanes) is 6. The molecule has 0 heterocycles. The Balaban J connectivity index is 2.55. The van der Waals surface area contributed by atoms with Gasteiger partial charge in [-0.25, -0.2) is 4.21 Å². The second kappa shape index (κ2) is 12.5. The molecule has 0 aliphatic rings. The molecule has 138 valence electrons. The van der Waals surface area contributed by atoms with Gasteiger partial charge in [0.05, 0.1) is 0 Å².